The van der Waals surface area contributed by atoms with E-state index in [1.165, 1.54) is 12.1 Å². The average Bonchev–Trinajstić information content (AvgIpc) is 3.36. The van der Waals surface area contributed by atoms with Crippen LogP contribution >= 0.6 is 0 Å². The molecule has 2 heterocycles. The molecule has 1 aromatic heterocycles. The zero-order chi connectivity index (χ0) is 26.2. The first-order valence-electron chi connectivity index (χ1n) is 12.1. The second kappa shape index (κ2) is 11.9. The second-order valence-corrected chi connectivity index (χ2v) is 8.51. The number of carbonyl (C=O) groups excluding carboxylic acids is 1. The van der Waals surface area contributed by atoms with E-state index in [4.69, 9.17) is 9.15 Å². The number of piperazine rings is 1. The van der Waals surface area contributed by atoms with Gasteiger partial charge in [0, 0.05) is 50.0 Å². The van der Waals surface area contributed by atoms with Crippen molar-refractivity contribution in [1.82, 2.24) is 9.88 Å². The molecule has 0 bridgehead atoms. The van der Waals surface area contributed by atoms with Crippen molar-refractivity contribution in [3.63, 3.8) is 0 Å². The van der Waals surface area contributed by atoms with E-state index in [0.717, 1.165) is 24.2 Å². The third kappa shape index (κ3) is 6.32. The van der Waals surface area contributed by atoms with Crippen LogP contribution < -0.4 is 9.64 Å². The lowest BCUT2D eigenvalue weighted by molar-refractivity contribution is -0.384. The van der Waals surface area contributed by atoms with Gasteiger partial charge in [0.05, 0.1) is 11.5 Å². The number of nitrogens with zero attached hydrogens (tertiary/aromatic N) is 5. The summed E-state index contributed by atoms with van der Waals surface area (Å²) in [5, 5.41) is 20.3. The van der Waals surface area contributed by atoms with Crippen molar-refractivity contribution in [3.05, 3.63) is 81.4 Å². The van der Waals surface area contributed by atoms with Gasteiger partial charge in [-0.15, -0.1) is 0 Å². The Kier molecular flexibility index (Phi) is 8.15. The zero-order valence-corrected chi connectivity index (χ0v) is 20.5. The Bertz CT molecular complexity index is 1300. The van der Waals surface area contributed by atoms with Gasteiger partial charge in [0.2, 0.25) is 17.5 Å². The number of carbonyl (C=O) groups is 1. The molecule has 0 spiro atoms. The lowest BCUT2D eigenvalue weighted by Crippen LogP contribution is -2.48. The van der Waals surface area contributed by atoms with E-state index < -0.39 is 4.92 Å². The second-order valence-electron chi connectivity index (χ2n) is 8.51. The van der Waals surface area contributed by atoms with E-state index in [1.807, 2.05) is 17.0 Å². The number of rotatable bonds is 9. The van der Waals surface area contributed by atoms with Gasteiger partial charge in [-0.3, -0.25) is 14.9 Å². The quantitative estimate of drug-likeness (QED) is 0.233. The highest BCUT2D eigenvalue weighted by molar-refractivity contribution is 5.94. The fourth-order valence-electron chi connectivity index (χ4n) is 3.88. The molecule has 1 fully saturated rings. The van der Waals surface area contributed by atoms with E-state index in [2.05, 4.69) is 18.0 Å². The lowest BCUT2D eigenvalue weighted by Gasteiger charge is -2.34. The van der Waals surface area contributed by atoms with Crippen LogP contribution in [0.15, 0.2) is 52.9 Å². The van der Waals surface area contributed by atoms with Gasteiger partial charge in [0.1, 0.15) is 11.8 Å². The van der Waals surface area contributed by atoms with Crippen molar-refractivity contribution in [2.24, 2.45) is 0 Å². The zero-order valence-electron chi connectivity index (χ0n) is 20.5. The van der Waals surface area contributed by atoms with Crippen LogP contribution in [0.5, 0.6) is 5.75 Å². The summed E-state index contributed by atoms with van der Waals surface area (Å²) in [4.78, 5) is 31.2. The third-order valence-electron chi connectivity index (χ3n) is 5.98. The predicted octanol–water partition coefficient (Wildman–Crippen LogP) is 4.77. The van der Waals surface area contributed by atoms with Crippen molar-refractivity contribution in [2.45, 2.75) is 19.8 Å². The van der Waals surface area contributed by atoms with Crippen LogP contribution in [0.2, 0.25) is 0 Å². The van der Waals surface area contributed by atoms with E-state index >= 15 is 0 Å². The third-order valence-corrected chi connectivity index (χ3v) is 5.98. The van der Waals surface area contributed by atoms with Crippen LogP contribution in [0.4, 0.5) is 11.6 Å². The van der Waals surface area contributed by atoms with Crippen LogP contribution in [0.1, 0.15) is 47.3 Å². The molecule has 0 N–H and O–H groups in total. The molecule has 4 rings (SSSR count). The number of nitriles is 1. The highest BCUT2D eigenvalue weighted by Crippen LogP contribution is 2.25. The maximum atomic E-state index is 13.0. The van der Waals surface area contributed by atoms with Gasteiger partial charge in [-0.1, -0.05) is 13.3 Å². The predicted molar refractivity (Wildman–Crippen MR) is 138 cm³/mol. The van der Waals surface area contributed by atoms with Crippen LogP contribution in [0, 0.1) is 21.4 Å². The number of nitro benzene ring substituents is 1. The first-order chi connectivity index (χ1) is 18.0. The minimum Gasteiger partial charge on any atom is -0.494 e. The van der Waals surface area contributed by atoms with E-state index in [1.54, 1.807) is 41.3 Å². The maximum absolute atomic E-state index is 13.0. The molecule has 0 aliphatic carbocycles. The van der Waals surface area contributed by atoms with Crippen LogP contribution in [0.25, 0.3) is 12.2 Å². The molecule has 0 radical (unpaired) electrons. The molecule has 2 aromatic carbocycles. The first-order valence-corrected chi connectivity index (χ1v) is 12.1. The standard InChI is InChI=1S/C27H27N5O5/c1-2-3-18-36-23-11-7-21(8-12-23)26(33)30-14-16-31(17-15-30)27-24(19-28)29-25(37-27)13-6-20-4-9-22(10-5-20)32(34)35/h4-13H,2-3,14-18H2,1H3/b13-6+. The fourth-order valence-corrected chi connectivity index (χ4v) is 3.88. The molecule has 190 valence electrons. The Balaban J connectivity index is 1.36. The number of aromatic nitrogens is 1. The Morgan fingerprint density at radius 1 is 1.14 bits per heavy atom. The summed E-state index contributed by atoms with van der Waals surface area (Å²) in [5.74, 6) is 1.32. The summed E-state index contributed by atoms with van der Waals surface area (Å²) < 4.78 is 11.5. The number of non-ortho nitro benzene ring substituents is 1. The fraction of sp³-hybridized carbons (Fsp3) is 0.296. The summed E-state index contributed by atoms with van der Waals surface area (Å²) in [6.07, 6.45) is 5.37. The van der Waals surface area contributed by atoms with Crippen molar-refractivity contribution in [3.8, 4) is 11.8 Å². The Labute approximate surface area is 214 Å². The number of unbranched alkanes of at least 4 members (excludes halogenated alkanes) is 1. The van der Waals surface area contributed by atoms with Gasteiger partial charge in [-0.05, 0) is 54.5 Å². The summed E-state index contributed by atoms with van der Waals surface area (Å²) in [6, 6.07) is 15.3. The molecule has 3 aromatic rings. The minimum atomic E-state index is -0.458. The molecule has 1 amide bonds. The van der Waals surface area contributed by atoms with Crippen molar-refractivity contribution < 1.29 is 18.9 Å². The average molecular weight is 502 g/mol. The lowest BCUT2D eigenvalue weighted by atomic mass is 10.1. The molecule has 1 saturated heterocycles. The molecule has 1 aliphatic rings. The maximum Gasteiger partial charge on any atom is 0.269 e. The van der Waals surface area contributed by atoms with E-state index in [0.29, 0.717) is 44.2 Å². The summed E-state index contributed by atoms with van der Waals surface area (Å²) in [7, 11) is 0. The number of amides is 1. The van der Waals surface area contributed by atoms with Crippen molar-refractivity contribution in [1.29, 1.82) is 5.26 Å². The van der Waals surface area contributed by atoms with Crippen LogP contribution in [-0.4, -0.2) is 53.5 Å². The molecule has 0 atom stereocenters. The SMILES string of the molecule is CCCCOc1ccc(C(=O)N2CCN(c3oc(/C=C/c4ccc([N+](=O)[O-])cc4)nc3C#N)CC2)cc1. The molecule has 0 unspecified atom stereocenters. The Morgan fingerprint density at radius 3 is 2.46 bits per heavy atom. The molecule has 1 aliphatic heterocycles. The van der Waals surface area contributed by atoms with Gasteiger partial charge in [-0.2, -0.15) is 10.2 Å². The van der Waals surface area contributed by atoms with E-state index in [9.17, 15) is 20.2 Å². The van der Waals surface area contributed by atoms with Gasteiger partial charge in [0.15, 0.2) is 0 Å². The van der Waals surface area contributed by atoms with Crippen LogP contribution in [-0.2, 0) is 0 Å². The molecule has 37 heavy (non-hydrogen) atoms. The summed E-state index contributed by atoms with van der Waals surface area (Å²) in [5.41, 5.74) is 1.51. The first kappa shape index (κ1) is 25.4. The molecule has 10 nitrogen and oxygen atoms in total. The number of hydrogen-bond acceptors (Lipinski definition) is 8. The number of ether oxygens (including phenoxy) is 1. The van der Waals surface area contributed by atoms with Gasteiger partial charge in [0.25, 0.3) is 11.6 Å². The highest BCUT2D eigenvalue weighted by atomic mass is 16.6. The summed E-state index contributed by atoms with van der Waals surface area (Å²) >= 11 is 0. The summed E-state index contributed by atoms with van der Waals surface area (Å²) in [6.45, 7) is 4.72. The van der Waals surface area contributed by atoms with Crippen molar-refractivity contribution >= 4 is 29.6 Å². The van der Waals surface area contributed by atoms with E-state index in [-0.39, 0.29) is 23.2 Å². The number of benzene rings is 2. The number of nitro groups is 1. The molecule has 10 heteroatoms. The van der Waals surface area contributed by atoms with Crippen LogP contribution in [0.3, 0.4) is 0 Å². The topological polar surface area (TPSA) is 126 Å². The molecular weight excluding hydrogens is 474 g/mol. The number of anilines is 1. The van der Waals surface area contributed by atoms with Crippen molar-refractivity contribution in [2.75, 3.05) is 37.7 Å². The molecular formula is C27H27N5O5. The Hall–Kier alpha value is -4.65. The monoisotopic (exact) mass is 501 g/mol. The van der Waals surface area contributed by atoms with Gasteiger partial charge >= 0.3 is 0 Å². The number of oxazole rings is 1. The van der Waals surface area contributed by atoms with Gasteiger partial charge < -0.3 is 19.0 Å². The Morgan fingerprint density at radius 2 is 1.84 bits per heavy atom. The largest absolute Gasteiger partial charge is 0.494 e. The smallest absolute Gasteiger partial charge is 0.269 e. The minimum absolute atomic E-state index is 0.00777. The normalized spacial score (nSPS) is 13.5. The van der Waals surface area contributed by atoms with Gasteiger partial charge in [-0.25, -0.2) is 0 Å². The highest BCUT2D eigenvalue weighted by Gasteiger charge is 2.26. The molecule has 0 saturated carbocycles. The number of hydrogen-bond donors (Lipinski definition) is 0.